The molecular weight excluding hydrogens is 566 g/mol. The summed E-state index contributed by atoms with van der Waals surface area (Å²) in [5.41, 5.74) is 0. The lowest BCUT2D eigenvalue weighted by molar-refractivity contribution is -0.123. The number of hydrogen-bond acceptors (Lipinski definition) is 3. The molecule has 46 heavy (non-hydrogen) atoms. The molecule has 0 heterocycles. The van der Waals surface area contributed by atoms with E-state index in [1.807, 2.05) is 0 Å². The second-order valence-electron chi connectivity index (χ2n) is 11.9. The van der Waals surface area contributed by atoms with Crippen LogP contribution in [0.1, 0.15) is 142 Å². The van der Waals surface area contributed by atoms with Gasteiger partial charge < -0.3 is 15.5 Å². The van der Waals surface area contributed by atoms with E-state index in [4.69, 9.17) is 0 Å². The van der Waals surface area contributed by atoms with E-state index in [2.05, 4.69) is 116 Å². The van der Waals surface area contributed by atoms with Crippen molar-refractivity contribution in [1.29, 1.82) is 0 Å². The first kappa shape index (κ1) is 43.3. The molecule has 4 heteroatoms. The zero-order valence-corrected chi connectivity index (χ0v) is 29.5. The molecule has 0 spiro atoms. The van der Waals surface area contributed by atoms with Gasteiger partial charge in [-0.05, 0) is 77.0 Å². The van der Waals surface area contributed by atoms with E-state index in [-0.39, 0.29) is 12.5 Å². The van der Waals surface area contributed by atoms with E-state index < -0.39 is 12.1 Å². The van der Waals surface area contributed by atoms with Crippen LogP contribution < -0.4 is 5.32 Å². The number of unbranched alkanes of at least 4 members (excludes halogenated alkanes) is 8. The van der Waals surface area contributed by atoms with Crippen LogP contribution in [0.25, 0.3) is 0 Å². The summed E-state index contributed by atoms with van der Waals surface area (Å²) in [7, 11) is 0. The van der Waals surface area contributed by atoms with Crippen molar-refractivity contribution in [1.82, 2.24) is 5.32 Å². The number of allylic oxidation sites excluding steroid dienone is 16. The van der Waals surface area contributed by atoms with Gasteiger partial charge in [0.05, 0.1) is 18.8 Å². The van der Waals surface area contributed by atoms with Crippen molar-refractivity contribution < 1.29 is 15.0 Å². The van der Waals surface area contributed by atoms with Gasteiger partial charge in [0.15, 0.2) is 0 Å². The number of amides is 1. The van der Waals surface area contributed by atoms with Gasteiger partial charge in [-0.3, -0.25) is 4.79 Å². The fourth-order valence-corrected chi connectivity index (χ4v) is 4.78. The highest BCUT2D eigenvalue weighted by Gasteiger charge is 2.19. The molecule has 3 N–H and O–H groups in total. The van der Waals surface area contributed by atoms with E-state index in [1.54, 1.807) is 0 Å². The summed E-state index contributed by atoms with van der Waals surface area (Å²) in [5, 5.41) is 22.8. The van der Waals surface area contributed by atoms with Crippen LogP contribution >= 0.6 is 0 Å². The average molecular weight is 636 g/mol. The lowest BCUT2D eigenvalue weighted by Crippen LogP contribution is -2.45. The summed E-state index contributed by atoms with van der Waals surface area (Å²) in [5.74, 6) is -0.0843. The zero-order chi connectivity index (χ0) is 33.6. The number of aliphatic hydroxyl groups is 2. The first-order chi connectivity index (χ1) is 22.7. The molecule has 0 bridgehead atoms. The molecule has 0 saturated heterocycles. The molecule has 0 aromatic carbocycles. The van der Waals surface area contributed by atoms with Crippen LogP contribution in [-0.4, -0.2) is 34.9 Å². The van der Waals surface area contributed by atoms with Crippen molar-refractivity contribution in [3.05, 3.63) is 97.2 Å². The highest BCUT2D eigenvalue weighted by molar-refractivity contribution is 5.76. The SMILES string of the molecule is CC/C=C\C/C=C\C/C=C\C/C=C\C/C=C\C/C=C\C/C=C\C/C=C\CCCCC(=O)NC(CO)C(O)CCCCCCCCC. The molecule has 0 aliphatic carbocycles. The number of carbonyl (C=O) groups excluding carboxylic acids is 1. The van der Waals surface area contributed by atoms with Crippen molar-refractivity contribution in [3.8, 4) is 0 Å². The van der Waals surface area contributed by atoms with Crippen LogP contribution in [0.4, 0.5) is 0 Å². The lowest BCUT2D eigenvalue weighted by atomic mass is 10.0. The minimum Gasteiger partial charge on any atom is -0.394 e. The fourth-order valence-electron chi connectivity index (χ4n) is 4.78. The van der Waals surface area contributed by atoms with E-state index >= 15 is 0 Å². The Hall–Kier alpha value is -2.69. The first-order valence-corrected chi connectivity index (χ1v) is 18.4. The van der Waals surface area contributed by atoms with Crippen LogP contribution in [0, 0.1) is 0 Å². The van der Waals surface area contributed by atoms with Gasteiger partial charge in [0, 0.05) is 6.42 Å². The molecule has 0 aromatic heterocycles. The summed E-state index contributed by atoms with van der Waals surface area (Å²) in [4.78, 5) is 12.3. The maximum atomic E-state index is 12.3. The Morgan fingerprint density at radius 3 is 1.39 bits per heavy atom. The predicted octanol–water partition coefficient (Wildman–Crippen LogP) is 11.1. The minimum absolute atomic E-state index is 0.0843. The molecule has 0 aliphatic rings. The quantitative estimate of drug-likeness (QED) is 0.0524. The Morgan fingerprint density at radius 1 is 0.543 bits per heavy atom. The second kappa shape index (κ2) is 36.8. The first-order valence-electron chi connectivity index (χ1n) is 18.4. The van der Waals surface area contributed by atoms with Crippen molar-refractivity contribution in [2.45, 2.75) is 154 Å². The lowest BCUT2D eigenvalue weighted by Gasteiger charge is -2.22. The summed E-state index contributed by atoms with van der Waals surface area (Å²) in [6.07, 6.45) is 54.8. The molecule has 260 valence electrons. The van der Waals surface area contributed by atoms with E-state index in [0.717, 1.165) is 83.5 Å². The Kier molecular flexibility index (Phi) is 34.6. The summed E-state index contributed by atoms with van der Waals surface area (Å²) in [6.45, 7) is 4.15. The van der Waals surface area contributed by atoms with E-state index in [0.29, 0.717) is 12.8 Å². The zero-order valence-electron chi connectivity index (χ0n) is 29.5. The Labute approximate surface area is 283 Å². The van der Waals surface area contributed by atoms with Gasteiger partial charge in [0.1, 0.15) is 0 Å². The normalized spacial score (nSPS) is 14.3. The van der Waals surface area contributed by atoms with Crippen LogP contribution in [0.2, 0.25) is 0 Å². The second-order valence-corrected chi connectivity index (χ2v) is 11.9. The number of nitrogens with one attached hydrogen (secondary N) is 1. The average Bonchev–Trinajstić information content (AvgIpc) is 3.06. The summed E-state index contributed by atoms with van der Waals surface area (Å²) in [6, 6.07) is -0.563. The van der Waals surface area contributed by atoms with Crippen molar-refractivity contribution in [2.24, 2.45) is 0 Å². The highest BCUT2D eigenvalue weighted by atomic mass is 16.3. The fraction of sp³-hybridized carbons (Fsp3) is 0.595. The molecule has 1 amide bonds. The number of rotatable bonds is 31. The summed E-state index contributed by atoms with van der Waals surface area (Å²) >= 11 is 0. The van der Waals surface area contributed by atoms with Gasteiger partial charge in [0.25, 0.3) is 0 Å². The van der Waals surface area contributed by atoms with Crippen LogP contribution in [0.15, 0.2) is 97.2 Å². The van der Waals surface area contributed by atoms with Gasteiger partial charge >= 0.3 is 0 Å². The smallest absolute Gasteiger partial charge is 0.220 e. The standard InChI is InChI=1S/C42H69NO3/c1-3-5-7-9-11-12-13-14-15-16-17-18-19-20-21-22-23-24-25-26-27-28-29-30-32-34-36-38-42(46)43-40(39-44)41(45)37-35-33-31-10-8-6-4-2/h5,7,11-12,14-15,17-18,20-21,23-24,26-27,29-30,40-41,44-45H,3-4,6,8-10,13,16,19,22,25,28,31-39H2,1-2H3,(H,43,46)/b7-5-,12-11-,15-14-,18-17-,21-20-,24-23-,27-26-,30-29-. The Morgan fingerprint density at radius 2 is 0.957 bits per heavy atom. The maximum absolute atomic E-state index is 12.3. The molecule has 0 radical (unpaired) electrons. The van der Waals surface area contributed by atoms with Crippen LogP contribution in [0.3, 0.4) is 0 Å². The Balaban J connectivity index is 3.74. The molecule has 2 atom stereocenters. The molecular formula is C42H69NO3. The highest BCUT2D eigenvalue weighted by Crippen LogP contribution is 2.12. The molecule has 0 aromatic rings. The minimum atomic E-state index is -0.681. The molecule has 0 saturated carbocycles. The van der Waals surface area contributed by atoms with Crippen LogP contribution in [-0.2, 0) is 4.79 Å². The third kappa shape index (κ3) is 32.7. The summed E-state index contributed by atoms with van der Waals surface area (Å²) < 4.78 is 0. The molecule has 0 aliphatic heterocycles. The van der Waals surface area contributed by atoms with Gasteiger partial charge in [-0.1, -0.05) is 156 Å². The van der Waals surface area contributed by atoms with Gasteiger partial charge in [-0.25, -0.2) is 0 Å². The third-order valence-electron chi connectivity index (χ3n) is 7.61. The number of hydrogen-bond donors (Lipinski definition) is 3. The molecule has 4 nitrogen and oxygen atoms in total. The van der Waals surface area contributed by atoms with E-state index in [9.17, 15) is 15.0 Å². The van der Waals surface area contributed by atoms with Crippen LogP contribution in [0.5, 0.6) is 0 Å². The van der Waals surface area contributed by atoms with Gasteiger partial charge in [-0.2, -0.15) is 0 Å². The molecule has 0 fully saturated rings. The predicted molar refractivity (Wildman–Crippen MR) is 202 cm³/mol. The third-order valence-corrected chi connectivity index (χ3v) is 7.61. The van der Waals surface area contributed by atoms with Crippen molar-refractivity contribution >= 4 is 5.91 Å². The maximum Gasteiger partial charge on any atom is 0.220 e. The van der Waals surface area contributed by atoms with Crippen molar-refractivity contribution in [3.63, 3.8) is 0 Å². The topological polar surface area (TPSA) is 69.6 Å². The monoisotopic (exact) mass is 636 g/mol. The van der Waals surface area contributed by atoms with Gasteiger partial charge in [-0.15, -0.1) is 0 Å². The van der Waals surface area contributed by atoms with E-state index in [1.165, 1.54) is 32.1 Å². The van der Waals surface area contributed by atoms with Crippen molar-refractivity contribution in [2.75, 3.05) is 6.61 Å². The molecule has 2 unspecified atom stereocenters. The number of aliphatic hydroxyl groups excluding tert-OH is 2. The molecule has 0 rings (SSSR count). The largest absolute Gasteiger partial charge is 0.394 e. The Bertz CT molecular complexity index is 906. The number of carbonyl (C=O) groups is 1. The van der Waals surface area contributed by atoms with Gasteiger partial charge in [0.2, 0.25) is 5.91 Å².